The summed E-state index contributed by atoms with van der Waals surface area (Å²) < 4.78 is 4.02. The van der Waals surface area contributed by atoms with Crippen LogP contribution in [0.15, 0.2) is 39.7 Å². The molecule has 5 heteroatoms. The predicted molar refractivity (Wildman–Crippen MR) is 71.6 cm³/mol. The highest BCUT2D eigenvalue weighted by molar-refractivity contribution is 9.11. The van der Waals surface area contributed by atoms with Gasteiger partial charge in [0.1, 0.15) is 0 Å². The SMILES string of the molecule is CC(N)c1cncn1-c1cc(Br)ccc1Br. The maximum absolute atomic E-state index is 5.90. The van der Waals surface area contributed by atoms with Crippen molar-refractivity contribution in [2.24, 2.45) is 5.73 Å². The summed E-state index contributed by atoms with van der Waals surface area (Å²) in [6, 6.07) is 5.95. The first-order chi connectivity index (χ1) is 7.59. The number of benzene rings is 1. The molecule has 2 aromatic rings. The van der Waals surface area contributed by atoms with Crippen molar-refractivity contribution in [3.8, 4) is 5.69 Å². The van der Waals surface area contributed by atoms with E-state index in [0.29, 0.717) is 0 Å². The summed E-state index contributed by atoms with van der Waals surface area (Å²) in [6.45, 7) is 1.94. The molecule has 0 fully saturated rings. The normalized spacial score (nSPS) is 12.8. The largest absolute Gasteiger partial charge is 0.323 e. The zero-order chi connectivity index (χ0) is 11.7. The molecule has 1 aromatic carbocycles. The van der Waals surface area contributed by atoms with E-state index in [0.717, 1.165) is 20.3 Å². The van der Waals surface area contributed by atoms with E-state index < -0.39 is 0 Å². The van der Waals surface area contributed by atoms with Gasteiger partial charge in [-0.2, -0.15) is 0 Å². The van der Waals surface area contributed by atoms with E-state index >= 15 is 0 Å². The highest BCUT2D eigenvalue weighted by Crippen LogP contribution is 2.27. The highest BCUT2D eigenvalue weighted by atomic mass is 79.9. The third kappa shape index (κ3) is 2.21. The fourth-order valence-electron chi connectivity index (χ4n) is 1.51. The van der Waals surface area contributed by atoms with Crippen LogP contribution in [-0.4, -0.2) is 9.55 Å². The number of nitrogens with zero attached hydrogens (tertiary/aromatic N) is 2. The lowest BCUT2D eigenvalue weighted by Gasteiger charge is -2.12. The van der Waals surface area contributed by atoms with E-state index in [2.05, 4.69) is 36.8 Å². The van der Waals surface area contributed by atoms with Crippen LogP contribution in [0.25, 0.3) is 5.69 Å². The first-order valence-corrected chi connectivity index (χ1v) is 6.41. The topological polar surface area (TPSA) is 43.8 Å². The second-order valence-corrected chi connectivity index (χ2v) is 5.34. The Hall–Kier alpha value is -0.650. The lowest BCUT2D eigenvalue weighted by Crippen LogP contribution is -2.10. The Morgan fingerprint density at radius 3 is 2.81 bits per heavy atom. The zero-order valence-corrected chi connectivity index (χ0v) is 11.9. The molecule has 16 heavy (non-hydrogen) atoms. The molecule has 0 bridgehead atoms. The number of hydrogen-bond acceptors (Lipinski definition) is 2. The van der Waals surface area contributed by atoms with Crippen molar-refractivity contribution < 1.29 is 0 Å². The Balaban J connectivity index is 2.58. The summed E-state index contributed by atoms with van der Waals surface area (Å²) in [6.07, 6.45) is 3.56. The van der Waals surface area contributed by atoms with Crippen molar-refractivity contribution in [2.45, 2.75) is 13.0 Å². The van der Waals surface area contributed by atoms with Crippen LogP contribution in [0.5, 0.6) is 0 Å². The molecule has 0 saturated heterocycles. The minimum absolute atomic E-state index is 0.0478. The quantitative estimate of drug-likeness (QED) is 0.907. The monoisotopic (exact) mass is 343 g/mol. The molecule has 3 nitrogen and oxygen atoms in total. The van der Waals surface area contributed by atoms with Gasteiger partial charge in [0, 0.05) is 15.0 Å². The molecule has 0 aliphatic carbocycles. The minimum atomic E-state index is -0.0478. The van der Waals surface area contributed by atoms with Gasteiger partial charge in [0.05, 0.1) is 23.9 Å². The number of rotatable bonds is 2. The summed E-state index contributed by atoms with van der Waals surface area (Å²) in [7, 11) is 0. The number of halogens is 2. The summed E-state index contributed by atoms with van der Waals surface area (Å²) in [5.74, 6) is 0. The van der Waals surface area contributed by atoms with Crippen molar-refractivity contribution in [2.75, 3.05) is 0 Å². The van der Waals surface area contributed by atoms with E-state index in [1.807, 2.05) is 29.7 Å². The summed E-state index contributed by atoms with van der Waals surface area (Å²) in [5.41, 5.74) is 7.91. The van der Waals surface area contributed by atoms with Gasteiger partial charge in [0.25, 0.3) is 0 Å². The maximum Gasteiger partial charge on any atom is 0.0995 e. The molecule has 1 heterocycles. The van der Waals surface area contributed by atoms with E-state index in [4.69, 9.17) is 5.73 Å². The standard InChI is InChI=1S/C11H11Br2N3/c1-7(14)11-5-15-6-16(11)10-4-8(12)2-3-9(10)13/h2-7H,14H2,1H3. The Kier molecular flexibility index (Phi) is 3.47. The molecule has 0 amide bonds. The van der Waals surface area contributed by atoms with Crippen LogP contribution in [0.3, 0.4) is 0 Å². The van der Waals surface area contributed by atoms with Gasteiger partial charge in [0.2, 0.25) is 0 Å². The van der Waals surface area contributed by atoms with Gasteiger partial charge in [-0.1, -0.05) is 15.9 Å². The van der Waals surface area contributed by atoms with Gasteiger partial charge >= 0.3 is 0 Å². The molecule has 0 spiro atoms. The molecule has 0 aliphatic heterocycles. The second-order valence-electron chi connectivity index (χ2n) is 3.57. The molecule has 1 aromatic heterocycles. The van der Waals surface area contributed by atoms with Crippen LogP contribution in [0.4, 0.5) is 0 Å². The van der Waals surface area contributed by atoms with Crippen LogP contribution >= 0.6 is 31.9 Å². The Bertz CT molecular complexity index is 506. The number of hydrogen-bond donors (Lipinski definition) is 1. The van der Waals surface area contributed by atoms with E-state index in [1.54, 1.807) is 12.5 Å². The molecular formula is C11H11Br2N3. The smallest absolute Gasteiger partial charge is 0.0995 e. The summed E-state index contributed by atoms with van der Waals surface area (Å²) >= 11 is 6.98. The first-order valence-electron chi connectivity index (χ1n) is 4.83. The van der Waals surface area contributed by atoms with Gasteiger partial charge in [-0.3, -0.25) is 0 Å². The predicted octanol–water partition coefficient (Wildman–Crippen LogP) is 3.42. The molecule has 2 N–H and O–H groups in total. The average molecular weight is 345 g/mol. The summed E-state index contributed by atoms with van der Waals surface area (Å²) in [5, 5.41) is 0. The molecule has 0 saturated carbocycles. The second kappa shape index (κ2) is 4.69. The zero-order valence-electron chi connectivity index (χ0n) is 8.69. The molecule has 2 rings (SSSR count). The van der Waals surface area contributed by atoms with Gasteiger partial charge in [-0.25, -0.2) is 4.98 Å². The Labute approximate surface area is 111 Å². The fourth-order valence-corrected chi connectivity index (χ4v) is 2.30. The van der Waals surface area contributed by atoms with Crippen molar-refractivity contribution in [1.29, 1.82) is 0 Å². The van der Waals surface area contributed by atoms with Crippen molar-refractivity contribution in [3.63, 3.8) is 0 Å². The Morgan fingerprint density at radius 2 is 2.12 bits per heavy atom. The van der Waals surface area contributed by atoms with Crippen molar-refractivity contribution in [1.82, 2.24) is 9.55 Å². The molecule has 84 valence electrons. The summed E-state index contributed by atoms with van der Waals surface area (Å²) in [4.78, 5) is 4.14. The van der Waals surface area contributed by atoms with Crippen LogP contribution in [0, 0.1) is 0 Å². The van der Waals surface area contributed by atoms with Gasteiger partial charge in [-0.15, -0.1) is 0 Å². The lowest BCUT2D eigenvalue weighted by molar-refractivity contribution is 0.751. The number of aromatic nitrogens is 2. The van der Waals surface area contributed by atoms with Crippen LogP contribution in [0.1, 0.15) is 18.7 Å². The van der Waals surface area contributed by atoms with E-state index in [-0.39, 0.29) is 6.04 Å². The first kappa shape index (κ1) is 11.8. The van der Waals surface area contributed by atoms with Crippen LogP contribution in [0.2, 0.25) is 0 Å². The highest BCUT2D eigenvalue weighted by Gasteiger charge is 2.10. The molecule has 1 atom stereocenters. The fraction of sp³-hybridized carbons (Fsp3) is 0.182. The van der Waals surface area contributed by atoms with Crippen LogP contribution in [-0.2, 0) is 0 Å². The van der Waals surface area contributed by atoms with Crippen molar-refractivity contribution >= 4 is 31.9 Å². The molecular weight excluding hydrogens is 334 g/mol. The third-order valence-corrected chi connectivity index (χ3v) is 3.47. The van der Waals surface area contributed by atoms with E-state index in [1.165, 1.54) is 0 Å². The number of imidazole rings is 1. The lowest BCUT2D eigenvalue weighted by atomic mass is 10.2. The number of nitrogens with two attached hydrogens (primary N) is 1. The van der Waals surface area contributed by atoms with Gasteiger partial charge in [0.15, 0.2) is 0 Å². The van der Waals surface area contributed by atoms with E-state index in [9.17, 15) is 0 Å². The maximum atomic E-state index is 5.90. The molecule has 0 aliphatic rings. The van der Waals surface area contributed by atoms with Gasteiger partial charge in [-0.05, 0) is 41.1 Å². The minimum Gasteiger partial charge on any atom is -0.323 e. The Morgan fingerprint density at radius 1 is 1.38 bits per heavy atom. The van der Waals surface area contributed by atoms with Crippen molar-refractivity contribution in [3.05, 3.63) is 45.4 Å². The molecule has 0 radical (unpaired) electrons. The van der Waals surface area contributed by atoms with Crippen LogP contribution < -0.4 is 5.73 Å². The van der Waals surface area contributed by atoms with Gasteiger partial charge < -0.3 is 10.3 Å². The third-order valence-electron chi connectivity index (χ3n) is 2.30. The average Bonchev–Trinajstić information content (AvgIpc) is 2.70. The molecule has 1 unspecified atom stereocenters.